The van der Waals surface area contributed by atoms with E-state index in [1.165, 1.54) is 6.07 Å². The summed E-state index contributed by atoms with van der Waals surface area (Å²) in [7, 11) is 1.93. The lowest BCUT2D eigenvalue weighted by molar-refractivity contribution is 0.578. The largest absolute Gasteiger partial charge is 0.331 e. The molecule has 1 aromatic carbocycles. The molecule has 0 aliphatic heterocycles. The first kappa shape index (κ1) is 12.0. The number of imidazole rings is 1. The smallest absolute Gasteiger partial charge is 0.151 e. The third-order valence-electron chi connectivity index (χ3n) is 2.86. The van der Waals surface area contributed by atoms with E-state index in [0.717, 1.165) is 24.3 Å². The van der Waals surface area contributed by atoms with Crippen molar-refractivity contribution >= 4 is 11.0 Å². The molecule has 4 heteroatoms. The van der Waals surface area contributed by atoms with Gasteiger partial charge in [-0.15, -0.1) is 0 Å². The zero-order chi connectivity index (χ0) is 12.4. The normalized spacial score (nSPS) is 11.6. The maximum atomic E-state index is 13.5. The summed E-state index contributed by atoms with van der Waals surface area (Å²) >= 11 is 0. The Labute approximate surface area is 101 Å². The van der Waals surface area contributed by atoms with E-state index in [-0.39, 0.29) is 5.82 Å². The lowest BCUT2D eigenvalue weighted by Gasteiger charge is -2.07. The summed E-state index contributed by atoms with van der Waals surface area (Å²) in [5.74, 6) is 0.666. The molecule has 2 aromatic rings. The summed E-state index contributed by atoms with van der Waals surface area (Å²) in [5.41, 5.74) is 1.32. The molecule has 0 aliphatic rings. The SMILES string of the molecule is CC(C)NCCc1nc2c(F)cccc2n1C. The van der Waals surface area contributed by atoms with Crippen LogP contribution in [0.1, 0.15) is 19.7 Å². The van der Waals surface area contributed by atoms with Crippen molar-refractivity contribution in [2.75, 3.05) is 6.54 Å². The van der Waals surface area contributed by atoms with Crippen molar-refractivity contribution in [2.45, 2.75) is 26.3 Å². The van der Waals surface area contributed by atoms with Crippen molar-refractivity contribution in [3.8, 4) is 0 Å². The molecule has 0 bridgehead atoms. The first-order valence-electron chi connectivity index (χ1n) is 5.93. The van der Waals surface area contributed by atoms with Gasteiger partial charge in [0.1, 0.15) is 11.3 Å². The molecule has 2 rings (SSSR count). The Hall–Kier alpha value is -1.42. The first-order chi connectivity index (χ1) is 8.09. The minimum absolute atomic E-state index is 0.249. The number of nitrogens with zero attached hydrogens (tertiary/aromatic N) is 2. The van der Waals surface area contributed by atoms with Crippen LogP contribution in [-0.4, -0.2) is 22.1 Å². The predicted molar refractivity (Wildman–Crippen MR) is 67.5 cm³/mol. The van der Waals surface area contributed by atoms with Crippen molar-refractivity contribution in [3.05, 3.63) is 29.8 Å². The van der Waals surface area contributed by atoms with E-state index >= 15 is 0 Å². The average Bonchev–Trinajstić information content (AvgIpc) is 2.58. The molecule has 0 aliphatic carbocycles. The van der Waals surface area contributed by atoms with Gasteiger partial charge in [0, 0.05) is 26.1 Å². The summed E-state index contributed by atoms with van der Waals surface area (Å²) in [6, 6.07) is 5.52. The molecular formula is C13H18FN3. The fraction of sp³-hybridized carbons (Fsp3) is 0.462. The van der Waals surface area contributed by atoms with Crippen LogP contribution < -0.4 is 5.32 Å². The monoisotopic (exact) mass is 235 g/mol. The van der Waals surface area contributed by atoms with Gasteiger partial charge in [0.05, 0.1) is 5.52 Å². The van der Waals surface area contributed by atoms with Crippen LogP contribution in [0, 0.1) is 5.82 Å². The number of fused-ring (bicyclic) bond motifs is 1. The Morgan fingerprint density at radius 3 is 2.82 bits per heavy atom. The van der Waals surface area contributed by atoms with Crippen LogP contribution in [0.4, 0.5) is 4.39 Å². The zero-order valence-electron chi connectivity index (χ0n) is 10.5. The standard InChI is InChI=1S/C13H18FN3/c1-9(2)15-8-7-12-16-13-10(14)5-4-6-11(13)17(12)3/h4-6,9,15H,7-8H2,1-3H3. The highest BCUT2D eigenvalue weighted by Crippen LogP contribution is 2.17. The minimum Gasteiger partial charge on any atom is -0.331 e. The molecule has 1 heterocycles. The Bertz CT molecular complexity index is 517. The molecule has 3 nitrogen and oxygen atoms in total. The van der Waals surface area contributed by atoms with Crippen molar-refractivity contribution in [1.82, 2.24) is 14.9 Å². The van der Waals surface area contributed by atoms with E-state index in [2.05, 4.69) is 24.1 Å². The van der Waals surface area contributed by atoms with Crippen LogP contribution >= 0.6 is 0 Å². The molecule has 0 spiro atoms. The van der Waals surface area contributed by atoms with Gasteiger partial charge in [-0.05, 0) is 12.1 Å². The molecule has 0 fully saturated rings. The molecule has 0 saturated heterocycles. The van der Waals surface area contributed by atoms with Crippen LogP contribution in [0.3, 0.4) is 0 Å². The summed E-state index contributed by atoms with van der Waals surface area (Å²) in [6.07, 6.45) is 0.808. The molecule has 1 aromatic heterocycles. The third kappa shape index (κ3) is 2.47. The van der Waals surface area contributed by atoms with Gasteiger partial charge in [-0.25, -0.2) is 9.37 Å². The summed E-state index contributed by atoms with van der Waals surface area (Å²) in [6.45, 7) is 5.07. The number of benzene rings is 1. The Morgan fingerprint density at radius 2 is 2.18 bits per heavy atom. The van der Waals surface area contributed by atoms with Crippen LogP contribution in [-0.2, 0) is 13.5 Å². The number of hydrogen-bond acceptors (Lipinski definition) is 2. The lowest BCUT2D eigenvalue weighted by Crippen LogP contribution is -2.25. The van der Waals surface area contributed by atoms with Gasteiger partial charge in [0.15, 0.2) is 5.82 Å². The highest BCUT2D eigenvalue weighted by molar-refractivity contribution is 5.76. The van der Waals surface area contributed by atoms with E-state index in [1.54, 1.807) is 6.07 Å². The zero-order valence-corrected chi connectivity index (χ0v) is 10.5. The van der Waals surface area contributed by atoms with E-state index < -0.39 is 0 Å². The second-order valence-electron chi connectivity index (χ2n) is 4.55. The molecule has 0 atom stereocenters. The Morgan fingerprint density at radius 1 is 1.41 bits per heavy atom. The van der Waals surface area contributed by atoms with Gasteiger partial charge >= 0.3 is 0 Å². The highest BCUT2D eigenvalue weighted by atomic mass is 19.1. The van der Waals surface area contributed by atoms with Crippen LogP contribution in [0.15, 0.2) is 18.2 Å². The number of halogens is 1. The van der Waals surface area contributed by atoms with Gasteiger partial charge in [0.2, 0.25) is 0 Å². The van der Waals surface area contributed by atoms with Crippen molar-refractivity contribution in [3.63, 3.8) is 0 Å². The van der Waals surface area contributed by atoms with E-state index in [4.69, 9.17) is 0 Å². The van der Waals surface area contributed by atoms with Gasteiger partial charge in [-0.1, -0.05) is 19.9 Å². The molecule has 1 N–H and O–H groups in total. The number of aromatic nitrogens is 2. The fourth-order valence-corrected chi connectivity index (χ4v) is 1.92. The third-order valence-corrected chi connectivity index (χ3v) is 2.86. The molecule has 92 valence electrons. The molecule has 0 saturated carbocycles. The minimum atomic E-state index is -0.249. The summed E-state index contributed by atoms with van der Waals surface area (Å²) in [4.78, 5) is 4.36. The number of nitrogens with one attached hydrogen (secondary N) is 1. The quantitative estimate of drug-likeness (QED) is 0.881. The Balaban J connectivity index is 2.23. The highest BCUT2D eigenvalue weighted by Gasteiger charge is 2.10. The topological polar surface area (TPSA) is 29.9 Å². The fourth-order valence-electron chi connectivity index (χ4n) is 1.92. The van der Waals surface area contributed by atoms with Gasteiger partial charge < -0.3 is 9.88 Å². The van der Waals surface area contributed by atoms with E-state index in [0.29, 0.717) is 11.6 Å². The number of rotatable bonds is 4. The van der Waals surface area contributed by atoms with Crippen molar-refractivity contribution in [2.24, 2.45) is 7.05 Å². The lowest BCUT2D eigenvalue weighted by atomic mass is 10.3. The van der Waals surface area contributed by atoms with E-state index in [9.17, 15) is 4.39 Å². The van der Waals surface area contributed by atoms with Gasteiger partial charge in [0.25, 0.3) is 0 Å². The number of aryl methyl sites for hydroxylation is 1. The average molecular weight is 235 g/mol. The summed E-state index contributed by atoms with van der Waals surface area (Å²) in [5, 5.41) is 3.33. The van der Waals surface area contributed by atoms with Gasteiger partial charge in [-0.3, -0.25) is 0 Å². The molecule has 17 heavy (non-hydrogen) atoms. The predicted octanol–water partition coefficient (Wildman–Crippen LogP) is 2.25. The van der Waals surface area contributed by atoms with Crippen molar-refractivity contribution in [1.29, 1.82) is 0 Å². The van der Waals surface area contributed by atoms with E-state index in [1.807, 2.05) is 17.7 Å². The van der Waals surface area contributed by atoms with Crippen LogP contribution in [0.5, 0.6) is 0 Å². The van der Waals surface area contributed by atoms with Crippen LogP contribution in [0.25, 0.3) is 11.0 Å². The Kier molecular flexibility index (Phi) is 3.43. The van der Waals surface area contributed by atoms with Gasteiger partial charge in [-0.2, -0.15) is 0 Å². The first-order valence-corrected chi connectivity index (χ1v) is 5.93. The molecular weight excluding hydrogens is 217 g/mol. The summed E-state index contributed by atoms with van der Waals surface area (Å²) < 4.78 is 15.5. The van der Waals surface area contributed by atoms with Crippen LogP contribution in [0.2, 0.25) is 0 Å². The second kappa shape index (κ2) is 4.84. The molecule has 0 radical (unpaired) electrons. The molecule has 0 amide bonds. The maximum Gasteiger partial charge on any atom is 0.151 e. The molecule has 0 unspecified atom stereocenters. The number of hydrogen-bond donors (Lipinski definition) is 1. The number of para-hydroxylation sites is 1. The second-order valence-corrected chi connectivity index (χ2v) is 4.55. The maximum absolute atomic E-state index is 13.5. The van der Waals surface area contributed by atoms with Crippen molar-refractivity contribution < 1.29 is 4.39 Å².